The van der Waals surface area contributed by atoms with Crippen molar-refractivity contribution in [2.45, 2.75) is 26.2 Å². The highest BCUT2D eigenvalue weighted by molar-refractivity contribution is 6.33. The summed E-state index contributed by atoms with van der Waals surface area (Å²) in [6, 6.07) is 0. The van der Waals surface area contributed by atoms with Crippen LogP contribution in [0.1, 0.15) is 26.2 Å². The van der Waals surface area contributed by atoms with Crippen LogP contribution in [0.4, 0.5) is 0 Å². The topological polar surface area (TPSA) is 49.7 Å². The summed E-state index contributed by atoms with van der Waals surface area (Å²) >= 11 is 0. The van der Waals surface area contributed by atoms with Gasteiger partial charge in [-0.25, -0.2) is 0 Å². The fraction of sp³-hybridized carbons (Fsp3) is 0.714. The molecule has 0 heterocycles. The molecule has 1 aliphatic rings. The Bertz CT molecular complexity index is 156. The van der Waals surface area contributed by atoms with Gasteiger partial charge in [-0.1, -0.05) is 6.92 Å². The Morgan fingerprint density at radius 1 is 1.64 bits per heavy atom. The van der Waals surface area contributed by atoms with Gasteiger partial charge in [0.05, 0.1) is 5.76 Å². The minimum Gasteiger partial charge on any atom is -0.516 e. The molecule has 11 heavy (non-hydrogen) atoms. The lowest BCUT2D eigenvalue weighted by molar-refractivity contribution is 0.222. The molecule has 0 bridgehead atoms. The lowest BCUT2D eigenvalue weighted by atomic mass is 9.95. The fourth-order valence-corrected chi connectivity index (χ4v) is 1.18. The minimum absolute atomic E-state index is 0.693. The van der Waals surface area contributed by atoms with Crippen molar-refractivity contribution < 1.29 is 14.7 Å². The molecule has 1 unspecified atom stereocenters. The third kappa shape index (κ3) is 2.95. The second-order valence-corrected chi connectivity index (χ2v) is 2.99. The van der Waals surface area contributed by atoms with Crippen LogP contribution in [0.15, 0.2) is 11.8 Å². The summed E-state index contributed by atoms with van der Waals surface area (Å²) in [6.07, 6.45) is 4.78. The first-order valence-electron chi connectivity index (χ1n) is 3.90. The van der Waals surface area contributed by atoms with Gasteiger partial charge in [0.15, 0.2) is 0 Å². The van der Waals surface area contributed by atoms with Crippen molar-refractivity contribution in [2.75, 3.05) is 0 Å². The van der Waals surface area contributed by atoms with Crippen LogP contribution in [0.2, 0.25) is 0 Å². The smallest absolute Gasteiger partial charge is 0.516 e. The Balaban J connectivity index is 2.35. The molecule has 1 aliphatic carbocycles. The van der Waals surface area contributed by atoms with E-state index in [0.717, 1.165) is 19.3 Å². The molecule has 3 nitrogen and oxygen atoms in total. The largest absolute Gasteiger partial charge is 0.707 e. The van der Waals surface area contributed by atoms with Gasteiger partial charge in [-0.05, 0) is 24.8 Å². The average Bonchev–Trinajstić information content (AvgIpc) is 1.93. The van der Waals surface area contributed by atoms with Gasteiger partial charge < -0.3 is 14.7 Å². The average molecular weight is 156 g/mol. The van der Waals surface area contributed by atoms with Gasteiger partial charge in [0.2, 0.25) is 0 Å². The van der Waals surface area contributed by atoms with Crippen LogP contribution in [0.5, 0.6) is 0 Å². The number of rotatable bonds is 2. The maximum Gasteiger partial charge on any atom is 0.707 e. The van der Waals surface area contributed by atoms with E-state index in [1.54, 1.807) is 0 Å². The second-order valence-electron chi connectivity index (χ2n) is 2.99. The van der Waals surface area contributed by atoms with Gasteiger partial charge in [0, 0.05) is 6.42 Å². The highest BCUT2D eigenvalue weighted by Crippen LogP contribution is 2.23. The van der Waals surface area contributed by atoms with Crippen molar-refractivity contribution in [1.82, 2.24) is 0 Å². The van der Waals surface area contributed by atoms with E-state index in [2.05, 4.69) is 6.92 Å². The standard InChI is InChI=1S/C7H13BO3/c1-6-2-4-7(5-3-6)11-8(9)10/h4,6,9-10H,2-3,5H2,1H3. The zero-order valence-electron chi connectivity index (χ0n) is 6.66. The molecular formula is C7H13BO3. The molecule has 4 heteroatoms. The maximum absolute atomic E-state index is 8.46. The van der Waals surface area contributed by atoms with Crippen molar-refractivity contribution in [1.29, 1.82) is 0 Å². The third-order valence-electron chi connectivity index (χ3n) is 1.89. The number of hydrogen-bond donors (Lipinski definition) is 2. The lowest BCUT2D eigenvalue weighted by Gasteiger charge is -2.18. The summed E-state index contributed by atoms with van der Waals surface area (Å²) in [5, 5.41) is 16.9. The third-order valence-corrected chi connectivity index (χ3v) is 1.89. The SMILES string of the molecule is CC1CC=C(OB(O)O)CC1. The van der Waals surface area contributed by atoms with E-state index in [1.807, 2.05) is 6.08 Å². The Hall–Kier alpha value is -0.475. The summed E-state index contributed by atoms with van der Waals surface area (Å²) in [4.78, 5) is 0. The Labute approximate surface area is 66.9 Å². The van der Waals surface area contributed by atoms with Gasteiger partial charge in [-0.2, -0.15) is 0 Å². The second kappa shape index (κ2) is 3.78. The predicted molar refractivity (Wildman–Crippen MR) is 42.4 cm³/mol. The summed E-state index contributed by atoms with van der Waals surface area (Å²) in [5.74, 6) is 1.40. The van der Waals surface area contributed by atoms with Crippen LogP contribution < -0.4 is 0 Å². The first kappa shape index (κ1) is 8.62. The van der Waals surface area contributed by atoms with Crippen LogP contribution in [0.3, 0.4) is 0 Å². The van der Waals surface area contributed by atoms with Crippen molar-refractivity contribution in [2.24, 2.45) is 5.92 Å². The molecule has 0 amide bonds. The van der Waals surface area contributed by atoms with E-state index in [1.165, 1.54) is 0 Å². The maximum atomic E-state index is 8.46. The van der Waals surface area contributed by atoms with Gasteiger partial charge in [-0.3, -0.25) is 0 Å². The lowest BCUT2D eigenvalue weighted by Crippen LogP contribution is -2.18. The molecule has 0 saturated carbocycles. The van der Waals surface area contributed by atoms with Crippen LogP contribution in [0, 0.1) is 5.92 Å². The van der Waals surface area contributed by atoms with E-state index >= 15 is 0 Å². The normalized spacial score (nSPS) is 24.3. The molecule has 1 atom stereocenters. The van der Waals surface area contributed by atoms with E-state index in [0.29, 0.717) is 11.7 Å². The van der Waals surface area contributed by atoms with Crippen LogP contribution in [-0.2, 0) is 4.65 Å². The Morgan fingerprint density at radius 3 is 2.82 bits per heavy atom. The van der Waals surface area contributed by atoms with E-state index in [4.69, 9.17) is 14.7 Å². The van der Waals surface area contributed by atoms with Crippen molar-refractivity contribution in [3.8, 4) is 0 Å². The highest BCUT2D eigenvalue weighted by atomic mass is 16.6. The van der Waals surface area contributed by atoms with Crippen LogP contribution in [0.25, 0.3) is 0 Å². The molecule has 0 aliphatic heterocycles. The molecule has 2 N–H and O–H groups in total. The van der Waals surface area contributed by atoms with Crippen LogP contribution in [-0.4, -0.2) is 17.4 Å². The van der Waals surface area contributed by atoms with E-state index in [-0.39, 0.29) is 0 Å². The van der Waals surface area contributed by atoms with Gasteiger partial charge in [0.1, 0.15) is 0 Å². The number of allylic oxidation sites excluding steroid dienone is 2. The molecule has 0 aromatic rings. The van der Waals surface area contributed by atoms with Crippen molar-refractivity contribution >= 4 is 7.32 Å². The fourth-order valence-electron chi connectivity index (χ4n) is 1.18. The molecular weight excluding hydrogens is 143 g/mol. The first-order valence-corrected chi connectivity index (χ1v) is 3.90. The van der Waals surface area contributed by atoms with Gasteiger partial charge >= 0.3 is 7.32 Å². The minimum atomic E-state index is -1.66. The van der Waals surface area contributed by atoms with Crippen molar-refractivity contribution in [3.63, 3.8) is 0 Å². The number of hydrogen-bond acceptors (Lipinski definition) is 3. The Morgan fingerprint density at radius 2 is 2.36 bits per heavy atom. The van der Waals surface area contributed by atoms with Crippen molar-refractivity contribution in [3.05, 3.63) is 11.8 Å². The molecule has 0 saturated heterocycles. The summed E-state index contributed by atoms with van der Waals surface area (Å²) in [7, 11) is -1.66. The molecule has 0 aromatic carbocycles. The molecule has 62 valence electrons. The quantitative estimate of drug-likeness (QED) is 0.577. The summed E-state index contributed by atoms with van der Waals surface area (Å²) in [6.45, 7) is 2.17. The van der Waals surface area contributed by atoms with Crippen LogP contribution >= 0.6 is 0 Å². The first-order chi connectivity index (χ1) is 5.18. The summed E-state index contributed by atoms with van der Waals surface area (Å²) < 4.78 is 4.71. The van der Waals surface area contributed by atoms with E-state index < -0.39 is 7.32 Å². The van der Waals surface area contributed by atoms with Gasteiger partial charge in [0.25, 0.3) is 0 Å². The Kier molecular flexibility index (Phi) is 2.97. The van der Waals surface area contributed by atoms with E-state index in [9.17, 15) is 0 Å². The zero-order valence-corrected chi connectivity index (χ0v) is 6.66. The van der Waals surface area contributed by atoms with Gasteiger partial charge in [-0.15, -0.1) is 0 Å². The molecule has 0 spiro atoms. The molecule has 1 rings (SSSR count). The molecule has 0 radical (unpaired) electrons. The summed E-state index contributed by atoms with van der Waals surface area (Å²) in [5.41, 5.74) is 0. The zero-order chi connectivity index (χ0) is 8.27. The highest BCUT2D eigenvalue weighted by Gasteiger charge is 2.16. The molecule has 0 aromatic heterocycles. The predicted octanol–water partition coefficient (Wildman–Crippen LogP) is 0.676. The molecule has 0 fully saturated rings. The monoisotopic (exact) mass is 156 g/mol.